The molecule has 30 heavy (non-hydrogen) atoms. The fraction of sp³-hybridized carbons (Fsp3) is 0.160. The molecule has 0 saturated carbocycles. The average molecular weight is 405 g/mol. The van der Waals surface area contributed by atoms with Gasteiger partial charge >= 0.3 is 6.09 Å². The summed E-state index contributed by atoms with van der Waals surface area (Å²) in [6.07, 6.45) is 2.23. The van der Waals surface area contributed by atoms with Crippen LogP contribution in [-0.2, 0) is 4.74 Å². The van der Waals surface area contributed by atoms with Crippen molar-refractivity contribution in [2.24, 2.45) is 0 Å². The Morgan fingerprint density at radius 2 is 1.63 bits per heavy atom. The fourth-order valence-corrected chi connectivity index (χ4v) is 3.80. The first-order valence-electron chi connectivity index (χ1n) is 9.76. The van der Waals surface area contributed by atoms with Gasteiger partial charge in [-0.1, -0.05) is 66.7 Å². The zero-order chi connectivity index (χ0) is 21.1. The first-order chi connectivity index (χ1) is 14.6. The highest BCUT2D eigenvalue weighted by Gasteiger charge is 2.28. The quantitative estimate of drug-likeness (QED) is 0.580. The minimum atomic E-state index is -0.643. The molecule has 0 fully saturated rings. The van der Waals surface area contributed by atoms with E-state index in [2.05, 4.69) is 29.6 Å². The highest BCUT2D eigenvalue weighted by molar-refractivity contribution is 5.79. The van der Waals surface area contributed by atoms with Crippen LogP contribution in [0.1, 0.15) is 28.2 Å². The molecule has 4 rings (SSSR count). The monoisotopic (exact) mass is 405 g/mol. The number of carbonyl (C=O) groups excluding carboxylic acids is 1. The van der Waals surface area contributed by atoms with Crippen LogP contribution in [0, 0.1) is 18.6 Å². The first kappa shape index (κ1) is 19.8. The van der Waals surface area contributed by atoms with Crippen LogP contribution in [0.4, 0.5) is 13.6 Å². The number of hydrogen-bond acceptors (Lipinski definition) is 2. The van der Waals surface area contributed by atoms with Gasteiger partial charge in [-0.25, -0.2) is 13.6 Å². The number of carbonyl (C=O) groups is 1. The lowest BCUT2D eigenvalue weighted by Gasteiger charge is -2.14. The van der Waals surface area contributed by atoms with Crippen molar-refractivity contribution in [1.29, 1.82) is 0 Å². The summed E-state index contributed by atoms with van der Waals surface area (Å²) in [5.74, 6) is -1.27. The molecule has 3 nitrogen and oxygen atoms in total. The van der Waals surface area contributed by atoms with Crippen LogP contribution < -0.4 is 5.32 Å². The maximum Gasteiger partial charge on any atom is 0.407 e. The predicted molar refractivity (Wildman–Crippen MR) is 113 cm³/mol. The molecular formula is C25H21F2NO2. The van der Waals surface area contributed by atoms with E-state index in [1.807, 2.05) is 24.3 Å². The van der Waals surface area contributed by atoms with Gasteiger partial charge in [0.1, 0.15) is 18.2 Å². The number of benzene rings is 3. The predicted octanol–water partition coefficient (Wildman–Crippen LogP) is 5.83. The van der Waals surface area contributed by atoms with Crippen LogP contribution >= 0.6 is 0 Å². The molecule has 5 heteroatoms. The lowest BCUT2D eigenvalue weighted by atomic mass is 9.98. The Bertz CT molecular complexity index is 1080. The van der Waals surface area contributed by atoms with Crippen LogP contribution in [0.5, 0.6) is 0 Å². The Hall–Kier alpha value is -3.47. The van der Waals surface area contributed by atoms with Crippen molar-refractivity contribution in [3.8, 4) is 11.1 Å². The van der Waals surface area contributed by atoms with E-state index in [9.17, 15) is 13.6 Å². The molecule has 0 bridgehead atoms. The summed E-state index contributed by atoms with van der Waals surface area (Å²) in [6, 6.07) is 18.8. The molecule has 1 aliphatic carbocycles. The molecule has 3 aromatic rings. The number of fused-ring (bicyclic) bond motifs is 3. The molecule has 0 unspecified atom stereocenters. The third-order valence-electron chi connectivity index (χ3n) is 5.31. The highest BCUT2D eigenvalue weighted by atomic mass is 19.1. The van der Waals surface area contributed by atoms with E-state index >= 15 is 0 Å². The molecule has 3 aromatic carbocycles. The standard InChI is InChI=1S/C25H21F2NO2/c1-16-12-13-23(26)21(24(16)27)11-6-14-28-25(29)30-15-22-19-9-4-2-7-17(19)18-8-3-5-10-20(18)22/h2-13,22H,14-15H2,1H3,(H,28,29). The molecule has 0 aliphatic heterocycles. The van der Waals surface area contributed by atoms with E-state index in [0.29, 0.717) is 5.56 Å². The van der Waals surface area contributed by atoms with Crippen molar-refractivity contribution in [2.75, 3.05) is 13.2 Å². The van der Waals surface area contributed by atoms with Crippen molar-refractivity contribution in [3.05, 3.63) is 101 Å². The van der Waals surface area contributed by atoms with Crippen LogP contribution in [0.3, 0.4) is 0 Å². The van der Waals surface area contributed by atoms with E-state index in [1.165, 1.54) is 24.3 Å². The number of ether oxygens (including phenoxy) is 1. The van der Waals surface area contributed by atoms with E-state index < -0.39 is 17.7 Å². The van der Waals surface area contributed by atoms with Gasteiger partial charge in [-0.05, 0) is 40.8 Å². The summed E-state index contributed by atoms with van der Waals surface area (Å²) >= 11 is 0. The number of rotatable bonds is 5. The number of aryl methyl sites for hydroxylation is 1. The van der Waals surface area contributed by atoms with Gasteiger partial charge in [0.05, 0.1) is 0 Å². The lowest BCUT2D eigenvalue weighted by molar-refractivity contribution is 0.144. The second kappa shape index (κ2) is 8.49. The zero-order valence-corrected chi connectivity index (χ0v) is 16.5. The number of nitrogens with one attached hydrogen (secondary N) is 1. The van der Waals surface area contributed by atoms with Crippen molar-refractivity contribution in [1.82, 2.24) is 5.32 Å². The molecule has 1 amide bonds. The molecule has 0 atom stereocenters. The van der Waals surface area contributed by atoms with Gasteiger partial charge in [0, 0.05) is 18.0 Å². The molecule has 0 heterocycles. The van der Waals surface area contributed by atoms with Crippen molar-refractivity contribution < 1.29 is 18.3 Å². The number of amides is 1. The largest absolute Gasteiger partial charge is 0.449 e. The molecule has 1 N–H and O–H groups in total. The zero-order valence-electron chi connectivity index (χ0n) is 16.5. The SMILES string of the molecule is Cc1ccc(F)c(C=CCNC(=O)OCC2c3ccccc3-c3ccccc32)c1F. The Labute approximate surface area is 174 Å². The summed E-state index contributed by atoms with van der Waals surface area (Å²) in [5.41, 5.74) is 4.83. The second-order valence-electron chi connectivity index (χ2n) is 7.20. The summed E-state index contributed by atoms with van der Waals surface area (Å²) in [6.45, 7) is 1.88. The van der Waals surface area contributed by atoms with E-state index in [0.717, 1.165) is 22.3 Å². The van der Waals surface area contributed by atoms with Crippen molar-refractivity contribution >= 4 is 12.2 Å². The van der Waals surface area contributed by atoms with Gasteiger partial charge in [0.15, 0.2) is 0 Å². The highest BCUT2D eigenvalue weighted by Crippen LogP contribution is 2.44. The van der Waals surface area contributed by atoms with Crippen molar-refractivity contribution in [3.63, 3.8) is 0 Å². The molecule has 1 aliphatic rings. The molecule has 0 spiro atoms. The van der Waals surface area contributed by atoms with Crippen LogP contribution in [-0.4, -0.2) is 19.2 Å². The smallest absolute Gasteiger partial charge is 0.407 e. The number of hydrogen-bond donors (Lipinski definition) is 1. The van der Waals surface area contributed by atoms with Gasteiger partial charge in [-0.3, -0.25) is 0 Å². The Morgan fingerprint density at radius 1 is 1.00 bits per heavy atom. The maximum atomic E-state index is 14.0. The minimum absolute atomic E-state index is 0.0193. The second-order valence-corrected chi connectivity index (χ2v) is 7.20. The molecule has 152 valence electrons. The van der Waals surface area contributed by atoms with Gasteiger partial charge in [0.25, 0.3) is 0 Å². The summed E-state index contributed by atoms with van der Waals surface area (Å²) in [4.78, 5) is 12.1. The third kappa shape index (κ3) is 3.83. The maximum absolute atomic E-state index is 14.0. The third-order valence-corrected chi connectivity index (χ3v) is 5.31. The van der Waals surface area contributed by atoms with E-state index in [1.54, 1.807) is 6.92 Å². The minimum Gasteiger partial charge on any atom is -0.449 e. The van der Waals surface area contributed by atoms with E-state index in [-0.39, 0.29) is 24.6 Å². The Kier molecular flexibility index (Phi) is 5.61. The topological polar surface area (TPSA) is 38.3 Å². The van der Waals surface area contributed by atoms with Gasteiger partial charge in [0.2, 0.25) is 0 Å². The molecular weight excluding hydrogens is 384 g/mol. The van der Waals surface area contributed by atoms with Crippen molar-refractivity contribution in [2.45, 2.75) is 12.8 Å². The Balaban J connectivity index is 1.36. The van der Waals surface area contributed by atoms with Gasteiger partial charge < -0.3 is 10.1 Å². The molecule has 0 aromatic heterocycles. The normalized spacial score (nSPS) is 12.6. The van der Waals surface area contributed by atoms with Crippen LogP contribution in [0.2, 0.25) is 0 Å². The van der Waals surface area contributed by atoms with Gasteiger partial charge in [-0.2, -0.15) is 0 Å². The summed E-state index contributed by atoms with van der Waals surface area (Å²) in [7, 11) is 0. The first-order valence-corrected chi connectivity index (χ1v) is 9.76. The van der Waals surface area contributed by atoms with Gasteiger partial charge in [-0.15, -0.1) is 0 Å². The summed E-state index contributed by atoms with van der Waals surface area (Å²) in [5, 5.41) is 2.59. The molecule has 0 radical (unpaired) electrons. The Morgan fingerprint density at radius 3 is 2.30 bits per heavy atom. The lowest BCUT2D eigenvalue weighted by Crippen LogP contribution is -2.26. The fourth-order valence-electron chi connectivity index (χ4n) is 3.80. The number of halogens is 2. The molecule has 0 saturated heterocycles. The summed E-state index contributed by atoms with van der Waals surface area (Å²) < 4.78 is 33.2. The van der Waals surface area contributed by atoms with E-state index in [4.69, 9.17) is 4.74 Å². The average Bonchev–Trinajstić information content (AvgIpc) is 3.08. The number of alkyl carbamates (subject to hydrolysis) is 1. The van der Waals surface area contributed by atoms with Crippen LogP contribution in [0.25, 0.3) is 17.2 Å². The van der Waals surface area contributed by atoms with Crippen LogP contribution in [0.15, 0.2) is 66.7 Å².